The maximum absolute atomic E-state index is 13.2. The van der Waals surface area contributed by atoms with Crippen LogP contribution in [-0.2, 0) is 0 Å². The van der Waals surface area contributed by atoms with E-state index in [9.17, 15) is 4.39 Å². The van der Waals surface area contributed by atoms with Gasteiger partial charge in [0, 0.05) is 10.5 Å². The molecular weight excluding hydrogens is 271 g/mol. The second-order valence-corrected chi connectivity index (χ2v) is 5.13. The van der Waals surface area contributed by atoms with E-state index in [1.165, 1.54) is 12.1 Å². The van der Waals surface area contributed by atoms with E-state index in [-0.39, 0.29) is 11.9 Å². The smallest absolute Gasteiger partial charge is 0.123 e. The number of halogens is 2. The summed E-state index contributed by atoms with van der Waals surface area (Å²) in [6, 6.07) is 4.64. The molecule has 1 aliphatic rings. The van der Waals surface area contributed by atoms with E-state index < -0.39 is 0 Å². The molecule has 0 spiro atoms. The number of hydrogen-bond acceptors (Lipinski definition) is 2. The number of rotatable bonds is 2. The fraction of sp³-hybridized carbons (Fsp3) is 0.500. The fourth-order valence-corrected chi connectivity index (χ4v) is 2.74. The third-order valence-electron chi connectivity index (χ3n) is 3.21. The summed E-state index contributed by atoms with van der Waals surface area (Å²) in [7, 11) is 0. The lowest BCUT2D eigenvalue weighted by molar-refractivity contribution is 0.321. The highest BCUT2D eigenvalue weighted by Gasteiger charge is 2.23. The molecule has 0 bridgehead atoms. The molecule has 1 saturated heterocycles. The van der Waals surface area contributed by atoms with Crippen molar-refractivity contribution in [1.29, 1.82) is 0 Å². The molecule has 0 amide bonds. The highest BCUT2D eigenvalue weighted by atomic mass is 79.9. The van der Waals surface area contributed by atoms with Gasteiger partial charge in [-0.1, -0.05) is 15.9 Å². The minimum atomic E-state index is -0.220. The Hall–Kier alpha value is -0.450. The molecule has 1 aromatic carbocycles. The van der Waals surface area contributed by atoms with Crippen molar-refractivity contribution in [3.8, 4) is 0 Å². The monoisotopic (exact) mass is 286 g/mol. The molecule has 2 nitrogen and oxygen atoms in total. The Bertz CT molecular complexity index is 364. The Morgan fingerprint density at radius 1 is 1.38 bits per heavy atom. The molecule has 4 heteroatoms. The Balaban J connectivity index is 2.18. The van der Waals surface area contributed by atoms with Gasteiger partial charge in [-0.3, -0.25) is 0 Å². The van der Waals surface area contributed by atoms with Crippen molar-refractivity contribution in [3.05, 3.63) is 34.1 Å². The number of nitrogens with two attached hydrogens (primary N) is 1. The van der Waals surface area contributed by atoms with Crippen LogP contribution >= 0.6 is 15.9 Å². The van der Waals surface area contributed by atoms with Gasteiger partial charge in [-0.15, -0.1) is 0 Å². The van der Waals surface area contributed by atoms with Crippen LogP contribution in [0.5, 0.6) is 0 Å². The normalized spacial score (nSPS) is 19.7. The lowest BCUT2D eigenvalue weighted by Gasteiger charge is -2.28. The van der Waals surface area contributed by atoms with Gasteiger partial charge in [0.05, 0.1) is 0 Å². The van der Waals surface area contributed by atoms with Gasteiger partial charge in [0.15, 0.2) is 0 Å². The summed E-state index contributed by atoms with van der Waals surface area (Å²) in [5.74, 6) is 0.224. The van der Waals surface area contributed by atoms with Crippen LogP contribution < -0.4 is 11.1 Å². The predicted octanol–water partition coefficient (Wildman–Crippen LogP) is 2.59. The molecule has 2 rings (SSSR count). The summed E-state index contributed by atoms with van der Waals surface area (Å²) in [6.07, 6.45) is 2.12. The molecule has 1 fully saturated rings. The second-order valence-electron chi connectivity index (χ2n) is 4.28. The van der Waals surface area contributed by atoms with Gasteiger partial charge in [-0.25, -0.2) is 4.39 Å². The Morgan fingerprint density at radius 2 is 2.06 bits per heavy atom. The molecule has 0 unspecified atom stereocenters. The molecule has 1 aliphatic heterocycles. The zero-order chi connectivity index (χ0) is 11.5. The first-order chi connectivity index (χ1) is 7.68. The minimum absolute atomic E-state index is 0.0767. The van der Waals surface area contributed by atoms with Crippen molar-refractivity contribution >= 4 is 15.9 Å². The number of benzene rings is 1. The topological polar surface area (TPSA) is 38.0 Å². The molecule has 0 aromatic heterocycles. The van der Waals surface area contributed by atoms with Crippen LogP contribution in [0.15, 0.2) is 22.7 Å². The Labute approximate surface area is 104 Å². The first kappa shape index (κ1) is 12.0. The molecule has 0 radical (unpaired) electrons. The van der Waals surface area contributed by atoms with Crippen LogP contribution in [-0.4, -0.2) is 13.1 Å². The van der Waals surface area contributed by atoms with Crippen LogP contribution in [0, 0.1) is 11.7 Å². The lowest BCUT2D eigenvalue weighted by atomic mass is 9.86. The third-order valence-corrected chi connectivity index (χ3v) is 3.93. The largest absolute Gasteiger partial charge is 0.324 e. The molecule has 0 saturated carbocycles. The van der Waals surface area contributed by atoms with Crippen molar-refractivity contribution in [2.45, 2.75) is 18.9 Å². The van der Waals surface area contributed by atoms with Gasteiger partial charge in [-0.05, 0) is 55.6 Å². The third kappa shape index (κ3) is 2.62. The first-order valence-corrected chi connectivity index (χ1v) is 6.39. The standard InChI is InChI=1S/C12H16BrFN2/c13-11-2-1-9(14)7-10(11)12(15)8-3-5-16-6-4-8/h1-2,7-8,12,16H,3-6,15H2/t12-/m1/s1. The van der Waals surface area contributed by atoms with Gasteiger partial charge in [0.1, 0.15) is 5.82 Å². The summed E-state index contributed by atoms with van der Waals surface area (Å²) < 4.78 is 14.1. The van der Waals surface area contributed by atoms with E-state index in [2.05, 4.69) is 21.2 Å². The van der Waals surface area contributed by atoms with Crippen LogP contribution in [0.2, 0.25) is 0 Å². The number of piperidine rings is 1. The molecule has 0 aliphatic carbocycles. The SMILES string of the molecule is N[C@@H](c1cc(F)ccc1Br)C1CCNCC1. The van der Waals surface area contributed by atoms with Crippen LogP contribution in [0.25, 0.3) is 0 Å². The van der Waals surface area contributed by atoms with E-state index in [1.54, 1.807) is 6.07 Å². The van der Waals surface area contributed by atoms with E-state index in [0.29, 0.717) is 5.92 Å². The van der Waals surface area contributed by atoms with Crippen molar-refractivity contribution < 1.29 is 4.39 Å². The second kappa shape index (κ2) is 5.25. The molecular formula is C12H16BrFN2. The molecule has 3 N–H and O–H groups in total. The van der Waals surface area contributed by atoms with Gasteiger partial charge < -0.3 is 11.1 Å². The van der Waals surface area contributed by atoms with E-state index >= 15 is 0 Å². The number of nitrogens with one attached hydrogen (secondary N) is 1. The van der Waals surface area contributed by atoms with E-state index in [0.717, 1.165) is 36.0 Å². The van der Waals surface area contributed by atoms with Gasteiger partial charge in [0.2, 0.25) is 0 Å². The van der Waals surface area contributed by atoms with Gasteiger partial charge in [-0.2, -0.15) is 0 Å². The highest BCUT2D eigenvalue weighted by Crippen LogP contribution is 2.31. The van der Waals surface area contributed by atoms with Gasteiger partial charge in [0.25, 0.3) is 0 Å². The van der Waals surface area contributed by atoms with E-state index in [4.69, 9.17) is 5.73 Å². The zero-order valence-electron chi connectivity index (χ0n) is 9.05. The zero-order valence-corrected chi connectivity index (χ0v) is 10.6. The van der Waals surface area contributed by atoms with Crippen LogP contribution in [0.1, 0.15) is 24.4 Å². The van der Waals surface area contributed by atoms with Gasteiger partial charge >= 0.3 is 0 Å². The van der Waals surface area contributed by atoms with E-state index in [1.807, 2.05) is 0 Å². The average Bonchev–Trinajstić information content (AvgIpc) is 2.32. The van der Waals surface area contributed by atoms with Crippen molar-refractivity contribution in [2.75, 3.05) is 13.1 Å². The maximum Gasteiger partial charge on any atom is 0.123 e. The quantitative estimate of drug-likeness (QED) is 0.877. The minimum Gasteiger partial charge on any atom is -0.324 e. The maximum atomic E-state index is 13.2. The molecule has 1 atom stereocenters. The van der Waals surface area contributed by atoms with Crippen molar-refractivity contribution in [3.63, 3.8) is 0 Å². The molecule has 16 heavy (non-hydrogen) atoms. The number of hydrogen-bond donors (Lipinski definition) is 2. The Morgan fingerprint density at radius 3 is 2.75 bits per heavy atom. The summed E-state index contributed by atoms with van der Waals surface area (Å²) in [6.45, 7) is 2.01. The highest BCUT2D eigenvalue weighted by molar-refractivity contribution is 9.10. The molecule has 1 aromatic rings. The average molecular weight is 287 g/mol. The fourth-order valence-electron chi connectivity index (χ4n) is 2.23. The summed E-state index contributed by atoms with van der Waals surface area (Å²) in [4.78, 5) is 0. The lowest BCUT2D eigenvalue weighted by Crippen LogP contribution is -2.33. The molecule has 88 valence electrons. The van der Waals surface area contributed by atoms with Crippen molar-refractivity contribution in [1.82, 2.24) is 5.32 Å². The van der Waals surface area contributed by atoms with Crippen LogP contribution in [0.4, 0.5) is 4.39 Å². The summed E-state index contributed by atoms with van der Waals surface area (Å²) in [5.41, 5.74) is 7.10. The summed E-state index contributed by atoms with van der Waals surface area (Å²) in [5, 5.41) is 3.31. The van der Waals surface area contributed by atoms with Crippen molar-refractivity contribution in [2.24, 2.45) is 11.7 Å². The van der Waals surface area contributed by atoms with Crippen LogP contribution in [0.3, 0.4) is 0 Å². The molecule has 1 heterocycles. The summed E-state index contributed by atoms with van der Waals surface area (Å²) >= 11 is 3.44. The predicted molar refractivity (Wildman–Crippen MR) is 66.6 cm³/mol. The Kier molecular flexibility index (Phi) is 3.95. The first-order valence-electron chi connectivity index (χ1n) is 5.59.